The van der Waals surface area contributed by atoms with Gasteiger partial charge in [0.2, 0.25) is 0 Å². The number of phenols is 2. The molecule has 0 bridgehead atoms. The zero-order chi connectivity index (χ0) is 24.1. The van der Waals surface area contributed by atoms with Crippen LogP contribution in [0, 0.1) is 10.5 Å². The number of hydrogen-bond donors (Lipinski definition) is 2. The Bertz CT molecular complexity index is 1390. The van der Waals surface area contributed by atoms with Crippen LogP contribution in [0.1, 0.15) is 32.6 Å². The van der Waals surface area contributed by atoms with E-state index in [9.17, 15) is 15.0 Å². The third-order valence-corrected chi connectivity index (χ3v) is 9.00. The van der Waals surface area contributed by atoms with Gasteiger partial charge < -0.3 is 19.7 Å². The van der Waals surface area contributed by atoms with E-state index in [1.54, 1.807) is 6.92 Å². The summed E-state index contributed by atoms with van der Waals surface area (Å²) >= 11 is 40.1. The third-order valence-electron chi connectivity index (χ3n) is 5.62. The summed E-state index contributed by atoms with van der Waals surface area (Å²) in [5.41, 5.74) is -0.999. The van der Waals surface area contributed by atoms with Gasteiger partial charge in [-0.25, -0.2) is 4.79 Å². The molecule has 0 radical (unpaired) electrons. The molecule has 0 saturated heterocycles. The van der Waals surface area contributed by atoms with Gasteiger partial charge in [-0.3, -0.25) is 0 Å². The number of ether oxygens (including phenoxy) is 2. The minimum Gasteiger partial charge on any atom is -0.506 e. The molecular weight excluding hydrogens is 672 g/mol. The van der Waals surface area contributed by atoms with Crippen molar-refractivity contribution in [1.29, 1.82) is 0 Å². The molecule has 2 heterocycles. The molecule has 0 aliphatic carbocycles. The van der Waals surface area contributed by atoms with Crippen molar-refractivity contribution >= 4 is 98.2 Å². The monoisotopic (exact) mass is 676 g/mol. The van der Waals surface area contributed by atoms with Crippen molar-refractivity contribution in [2.45, 2.75) is 12.5 Å². The van der Waals surface area contributed by atoms with E-state index in [4.69, 9.17) is 79.1 Å². The number of halogens is 7. The lowest BCUT2D eigenvalue weighted by Crippen LogP contribution is -2.34. The Balaban J connectivity index is 2.05. The molecule has 0 amide bonds. The van der Waals surface area contributed by atoms with Crippen LogP contribution in [0.4, 0.5) is 0 Å². The van der Waals surface area contributed by atoms with Crippen molar-refractivity contribution in [3.05, 3.63) is 73.7 Å². The first-order chi connectivity index (χ1) is 15.4. The highest BCUT2D eigenvalue weighted by Gasteiger charge is 2.57. The van der Waals surface area contributed by atoms with Crippen LogP contribution in [-0.2, 0) is 10.3 Å². The second-order valence-electron chi connectivity index (χ2n) is 7.29. The number of hydrogen-bond acceptors (Lipinski definition) is 5. The highest BCUT2D eigenvalue weighted by molar-refractivity contribution is 14.1. The van der Waals surface area contributed by atoms with E-state index in [1.165, 1.54) is 12.1 Å². The summed E-state index contributed by atoms with van der Waals surface area (Å²) in [6, 6.07) is 2.79. The minimum atomic E-state index is -1.77. The van der Waals surface area contributed by atoms with Gasteiger partial charge in [-0.1, -0.05) is 69.6 Å². The summed E-state index contributed by atoms with van der Waals surface area (Å²) < 4.78 is 12.3. The first kappa shape index (κ1) is 23.7. The lowest BCUT2D eigenvalue weighted by Gasteiger charge is -2.38. The van der Waals surface area contributed by atoms with Gasteiger partial charge in [0.1, 0.15) is 11.5 Å². The van der Waals surface area contributed by atoms with Crippen LogP contribution in [0.15, 0.2) is 12.1 Å². The second kappa shape index (κ2) is 7.75. The highest BCUT2D eigenvalue weighted by Crippen LogP contribution is 2.63. The molecule has 1 atom stereocenters. The zero-order valence-electron chi connectivity index (χ0n) is 15.9. The second-order valence-corrected chi connectivity index (χ2v) is 10.7. The Morgan fingerprint density at radius 1 is 0.848 bits per heavy atom. The summed E-state index contributed by atoms with van der Waals surface area (Å²) in [7, 11) is 0. The number of phenolic OH excluding ortho intramolecular Hbond substituents is 2. The van der Waals surface area contributed by atoms with E-state index in [2.05, 4.69) is 0 Å². The normalized spacial score (nSPS) is 18.0. The van der Waals surface area contributed by atoms with Crippen molar-refractivity contribution in [3.8, 4) is 23.0 Å². The van der Waals surface area contributed by atoms with Gasteiger partial charge in [0.05, 0.1) is 44.8 Å². The van der Waals surface area contributed by atoms with E-state index >= 15 is 0 Å². The average molecular weight is 679 g/mol. The molecule has 2 aliphatic rings. The Kier molecular flexibility index (Phi) is 5.57. The number of benzene rings is 3. The Morgan fingerprint density at radius 2 is 1.39 bits per heavy atom. The molecule has 33 heavy (non-hydrogen) atoms. The number of carbonyl (C=O) groups is 1. The SMILES string of the molecule is Cc1c(O)c(Cl)cc2c1Oc1c(cc(Cl)c(O)c1I)C21OC(=O)c2c(Cl)c(Cl)c(Cl)c(Cl)c21. The summed E-state index contributed by atoms with van der Waals surface area (Å²) in [5.74, 6) is -1.02. The Morgan fingerprint density at radius 3 is 2.03 bits per heavy atom. The molecule has 2 aliphatic heterocycles. The maximum atomic E-state index is 13.2. The van der Waals surface area contributed by atoms with Gasteiger partial charge in [-0.05, 0) is 41.6 Å². The predicted molar refractivity (Wildman–Crippen MR) is 136 cm³/mol. The average Bonchev–Trinajstić information content (AvgIpc) is 3.08. The van der Waals surface area contributed by atoms with Gasteiger partial charge in [-0.2, -0.15) is 0 Å². The van der Waals surface area contributed by atoms with Gasteiger partial charge in [0, 0.05) is 16.7 Å². The fourth-order valence-corrected chi connectivity index (χ4v) is 6.48. The summed E-state index contributed by atoms with van der Waals surface area (Å²) in [4.78, 5) is 13.2. The standard InChI is InChI=1S/C21H7Cl6IO5/c1-4-16(29)7(22)2-5-18(4)32-19-6(3-8(23)17(30)15(19)28)21(5)10-9(20(31)33-21)11(24)13(26)14(27)12(10)25/h2-3,29-30H,1H3. The number of aromatic hydroxyl groups is 2. The van der Waals surface area contributed by atoms with Gasteiger partial charge >= 0.3 is 5.97 Å². The van der Waals surface area contributed by atoms with Crippen molar-refractivity contribution < 1.29 is 24.5 Å². The maximum absolute atomic E-state index is 13.2. The first-order valence-corrected chi connectivity index (χ1v) is 12.3. The van der Waals surface area contributed by atoms with Crippen molar-refractivity contribution in [3.63, 3.8) is 0 Å². The quantitative estimate of drug-likeness (QED) is 0.108. The molecule has 3 aromatic rings. The van der Waals surface area contributed by atoms with Crippen LogP contribution in [0.3, 0.4) is 0 Å². The topological polar surface area (TPSA) is 76.0 Å². The smallest absolute Gasteiger partial charge is 0.341 e. The van der Waals surface area contributed by atoms with Crippen LogP contribution in [-0.4, -0.2) is 16.2 Å². The molecule has 1 spiro atoms. The molecule has 170 valence electrons. The van der Waals surface area contributed by atoms with Crippen LogP contribution in [0.5, 0.6) is 23.0 Å². The molecule has 0 fully saturated rings. The van der Waals surface area contributed by atoms with E-state index in [0.29, 0.717) is 0 Å². The van der Waals surface area contributed by atoms with E-state index in [1.807, 2.05) is 22.6 Å². The third kappa shape index (κ3) is 2.95. The summed E-state index contributed by atoms with van der Waals surface area (Å²) in [6.07, 6.45) is 0. The fraction of sp³-hybridized carbons (Fsp3) is 0.0952. The van der Waals surface area contributed by atoms with Crippen LogP contribution >= 0.6 is 92.2 Å². The van der Waals surface area contributed by atoms with Crippen molar-refractivity contribution in [2.75, 3.05) is 0 Å². The first-order valence-electron chi connectivity index (χ1n) is 8.95. The van der Waals surface area contributed by atoms with Crippen LogP contribution in [0.2, 0.25) is 30.1 Å². The summed E-state index contributed by atoms with van der Waals surface area (Å²) in [6.45, 7) is 1.57. The largest absolute Gasteiger partial charge is 0.506 e. The molecule has 0 aromatic heterocycles. The number of rotatable bonds is 0. The molecule has 5 nitrogen and oxygen atoms in total. The van der Waals surface area contributed by atoms with Crippen LogP contribution < -0.4 is 4.74 Å². The Hall–Kier alpha value is -1.000. The number of esters is 1. The molecule has 2 N–H and O–H groups in total. The molecule has 5 rings (SSSR count). The lowest BCUT2D eigenvalue weighted by atomic mass is 9.77. The van der Waals surface area contributed by atoms with Gasteiger partial charge in [-0.15, -0.1) is 0 Å². The molecule has 12 heteroatoms. The van der Waals surface area contributed by atoms with E-state index in [0.717, 1.165) is 0 Å². The molecule has 0 saturated carbocycles. The minimum absolute atomic E-state index is 0.0240. The lowest BCUT2D eigenvalue weighted by molar-refractivity contribution is 0.0223. The van der Waals surface area contributed by atoms with E-state index in [-0.39, 0.29) is 84.5 Å². The molecule has 3 aromatic carbocycles. The van der Waals surface area contributed by atoms with Crippen molar-refractivity contribution in [1.82, 2.24) is 0 Å². The van der Waals surface area contributed by atoms with Gasteiger partial charge in [0.15, 0.2) is 17.1 Å². The van der Waals surface area contributed by atoms with Crippen LogP contribution in [0.25, 0.3) is 0 Å². The summed E-state index contributed by atoms with van der Waals surface area (Å²) in [5, 5.41) is 20.4. The maximum Gasteiger partial charge on any atom is 0.341 e. The highest BCUT2D eigenvalue weighted by atomic mass is 127. The molecular formula is C21H7Cl6IO5. The fourth-order valence-electron chi connectivity index (χ4n) is 4.12. The number of fused-ring (bicyclic) bond motifs is 6. The number of carbonyl (C=O) groups excluding carboxylic acids is 1. The van der Waals surface area contributed by atoms with Crippen molar-refractivity contribution in [2.24, 2.45) is 0 Å². The predicted octanol–water partition coefficient (Wildman–Crippen LogP) is 8.50. The van der Waals surface area contributed by atoms with Gasteiger partial charge in [0.25, 0.3) is 0 Å². The zero-order valence-corrected chi connectivity index (χ0v) is 22.6. The Labute approximate surface area is 230 Å². The molecule has 1 unspecified atom stereocenters. The van der Waals surface area contributed by atoms with E-state index < -0.39 is 11.6 Å².